The van der Waals surface area contributed by atoms with Gasteiger partial charge in [0.1, 0.15) is 11.2 Å². The van der Waals surface area contributed by atoms with Crippen molar-refractivity contribution in [3.63, 3.8) is 0 Å². The highest BCUT2D eigenvalue weighted by Gasteiger charge is 2.53. The maximum Gasteiger partial charge on any atom is 0.258 e. The fourth-order valence-corrected chi connectivity index (χ4v) is 3.92. The third-order valence-corrected chi connectivity index (χ3v) is 6.06. The molecule has 1 atom stereocenters. The summed E-state index contributed by atoms with van der Waals surface area (Å²) < 4.78 is 6.13. The second kappa shape index (κ2) is 6.98. The van der Waals surface area contributed by atoms with Crippen LogP contribution in [0.2, 0.25) is 0 Å². The Balaban J connectivity index is 1.81. The van der Waals surface area contributed by atoms with E-state index < -0.39 is 16.6 Å². The van der Waals surface area contributed by atoms with E-state index in [0.717, 1.165) is 10.0 Å². The lowest BCUT2D eigenvalue weighted by atomic mass is 9.63. The van der Waals surface area contributed by atoms with Crippen LogP contribution in [-0.4, -0.2) is 38.4 Å². The number of pyridine rings is 1. The van der Waals surface area contributed by atoms with Gasteiger partial charge in [0.15, 0.2) is 0 Å². The second-order valence-corrected chi connectivity index (χ2v) is 9.24. The van der Waals surface area contributed by atoms with Gasteiger partial charge in [-0.2, -0.15) is 4.98 Å². The van der Waals surface area contributed by atoms with Crippen LogP contribution in [0.1, 0.15) is 37.8 Å². The summed E-state index contributed by atoms with van der Waals surface area (Å²) in [5, 5.41) is 29.4. The molecule has 152 valence electrons. The molecular weight excluding hydrogens is 436 g/mol. The van der Waals surface area contributed by atoms with Crippen LogP contribution < -0.4 is 5.32 Å². The van der Waals surface area contributed by atoms with Crippen LogP contribution in [0.15, 0.2) is 51.7 Å². The van der Waals surface area contributed by atoms with Gasteiger partial charge in [0, 0.05) is 46.5 Å². The summed E-state index contributed by atoms with van der Waals surface area (Å²) in [7, 11) is 0. The Labute approximate surface area is 177 Å². The van der Waals surface area contributed by atoms with Gasteiger partial charge in [-0.25, -0.2) is 0 Å². The van der Waals surface area contributed by atoms with Crippen molar-refractivity contribution in [3.05, 3.63) is 64.2 Å². The summed E-state index contributed by atoms with van der Waals surface area (Å²) in [4.78, 5) is 8.63. The topological polar surface area (TPSA) is 104 Å². The van der Waals surface area contributed by atoms with Crippen molar-refractivity contribution < 1.29 is 14.7 Å². The van der Waals surface area contributed by atoms with Gasteiger partial charge in [-0.15, -0.1) is 0 Å². The molecular formula is C21H23BrN4O3. The minimum absolute atomic E-state index is 0.122. The van der Waals surface area contributed by atoms with Crippen molar-refractivity contribution in [2.24, 2.45) is 5.41 Å². The van der Waals surface area contributed by atoms with Crippen LogP contribution >= 0.6 is 15.9 Å². The molecule has 1 fully saturated rings. The molecule has 0 radical (unpaired) electrons. The quantitative estimate of drug-likeness (QED) is 0.539. The predicted molar refractivity (Wildman–Crippen MR) is 111 cm³/mol. The minimum atomic E-state index is -1.26. The normalized spacial score (nSPS) is 18.1. The number of nitrogens with one attached hydrogen (secondary N) is 1. The molecule has 2 aromatic heterocycles. The summed E-state index contributed by atoms with van der Waals surface area (Å²) in [6.45, 7) is 6.56. The number of hydrogen-bond donors (Lipinski definition) is 3. The average molecular weight is 459 g/mol. The van der Waals surface area contributed by atoms with Crippen LogP contribution in [0, 0.1) is 5.41 Å². The van der Waals surface area contributed by atoms with Gasteiger partial charge >= 0.3 is 0 Å². The maximum atomic E-state index is 12.0. The molecule has 3 aromatic rings. The highest BCUT2D eigenvalue weighted by molar-refractivity contribution is 9.10. The Morgan fingerprint density at radius 3 is 2.34 bits per heavy atom. The first kappa shape index (κ1) is 20.2. The third kappa shape index (κ3) is 3.40. The third-order valence-electron chi connectivity index (χ3n) is 5.53. The van der Waals surface area contributed by atoms with Crippen LogP contribution in [0.4, 0.5) is 0 Å². The van der Waals surface area contributed by atoms with E-state index in [1.54, 1.807) is 26.2 Å². The number of benzene rings is 1. The fourth-order valence-electron chi connectivity index (χ4n) is 3.66. The zero-order chi connectivity index (χ0) is 20.9. The first-order valence-corrected chi connectivity index (χ1v) is 10.1. The second-order valence-electron chi connectivity index (χ2n) is 8.33. The summed E-state index contributed by atoms with van der Waals surface area (Å²) in [5.74, 6) is 0.433. The molecule has 3 N–H and O–H groups in total. The van der Waals surface area contributed by atoms with Gasteiger partial charge in [0.05, 0.1) is 0 Å². The molecule has 0 bridgehead atoms. The summed E-state index contributed by atoms with van der Waals surface area (Å²) in [5.41, 5.74) is -0.862. The molecule has 1 saturated heterocycles. The van der Waals surface area contributed by atoms with E-state index in [1.165, 1.54) is 0 Å². The molecule has 4 rings (SSSR count). The van der Waals surface area contributed by atoms with Crippen LogP contribution in [-0.2, 0) is 11.2 Å². The Bertz CT molecular complexity index is 1020. The van der Waals surface area contributed by atoms with E-state index in [1.807, 2.05) is 30.3 Å². The van der Waals surface area contributed by atoms with E-state index >= 15 is 0 Å². The summed E-state index contributed by atoms with van der Waals surface area (Å²) in [6, 6.07) is 9.50. The Morgan fingerprint density at radius 1 is 1.10 bits per heavy atom. The molecule has 0 aliphatic carbocycles. The largest absolute Gasteiger partial charge is 0.381 e. The number of rotatable bonds is 5. The zero-order valence-corrected chi connectivity index (χ0v) is 18.1. The molecule has 29 heavy (non-hydrogen) atoms. The number of hydrogen-bond acceptors (Lipinski definition) is 7. The number of aromatic nitrogens is 3. The van der Waals surface area contributed by atoms with Crippen molar-refractivity contribution in [2.45, 2.75) is 32.0 Å². The highest BCUT2D eigenvalue weighted by Crippen LogP contribution is 2.48. The maximum absolute atomic E-state index is 12.0. The van der Waals surface area contributed by atoms with Gasteiger partial charge in [0.2, 0.25) is 5.82 Å². The summed E-state index contributed by atoms with van der Waals surface area (Å²) >= 11 is 3.46. The van der Waals surface area contributed by atoms with Crippen molar-refractivity contribution in [1.29, 1.82) is 0 Å². The molecule has 0 amide bonds. The van der Waals surface area contributed by atoms with E-state index in [4.69, 9.17) is 4.52 Å². The lowest BCUT2D eigenvalue weighted by molar-refractivity contribution is -0.0769. The Morgan fingerprint density at radius 2 is 1.79 bits per heavy atom. The molecule has 0 unspecified atom stereocenters. The van der Waals surface area contributed by atoms with Crippen LogP contribution in [0.25, 0.3) is 11.4 Å². The monoisotopic (exact) mass is 458 g/mol. The molecule has 1 aliphatic rings. The van der Waals surface area contributed by atoms with Gasteiger partial charge in [-0.05, 0) is 37.6 Å². The molecule has 0 saturated carbocycles. The molecule has 0 spiro atoms. The summed E-state index contributed by atoms with van der Waals surface area (Å²) in [6.07, 6.45) is 3.29. The Hall–Kier alpha value is -2.13. The first-order chi connectivity index (χ1) is 13.6. The van der Waals surface area contributed by atoms with Crippen LogP contribution in [0.3, 0.4) is 0 Å². The van der Waals surface area contributed by atoms with Crippen molar-refractivity contribution in [2.75, 3.05) is 13.1 Å². The van der Waals surface area contributed by atoms with E-state index in [-0.39, 0.29) is 5.89 Å². The number of nitrogens with zero attached hydrogens (tertiary/aromatic N) is 3. The van der Waals surface area contributed by atoms with E-state index in [2.05, 4.69) is 43.3 Å². The molecule has 7 nitrogen and oxygen atoms in total. The highest BCUT2D eigenvalue weighted by atomic mass is 79.9. The zero-order valence-electron chi connectivity index (χ0n) is 16.5. The first-order valence-electron chi connectivity index (χ1n) is 9.35. The van der Waals surface area contributed by atoms with Gasteiger partial charge < -0.3 is 20.1 Å². The van der Waals surface area contributed by atoms with Gasteiger partial charge in [0.25, 0.3) is 5.89 Å². The fraction of sp³-hybridized carbons (Fsp3) is 0.381. The standard InChI is InChI=1S/C21H23BrN4O3/c1-19(2,27)18-25-17(26-29-18)13-8-15(10-23-9-13)21(28,20(3)11-24-12-20)14-4-6-16(22)7-5-14/h4-10,24,27-28H,11-12H2,1-3H3/t21-/m0/s1. The molecule has 1 aliphatic heterocycles. The molecule has 8 heteroatoms. The minimum Gasteiger partial charge on any atom is -0.381 e. The van der Waals surface area contributed by atoms with Gasteiger partial charge in [-0.3, -0.25) is 4.98 Å². The molecule has 1 aromatic carbocycles. The average Bonchev–Trinajstić information content (AvgIpc) is 3.17. The predicted octanol–water partition coefficient (Wildman–Crippen LogP) is 2.97. The van der Waals surface area contributed by atoms with Crippen LogP contribution in [0.5, 0.6) is 0 Å². The molecule has 3 heterocycles. The van der Waals surface area contributed by atoms with Gasteiger partial charge in [-0.1, -0.05) is 40.1 Å². The van der Waals surface area contributed by atoms with Crippen molar-refractivity contribution in [1.82, 2.24) is 20.4 Å². The van der Waals surface area contributed by atoms with E-state index in [9.17, 15) is 10.2 Å². The lowest BCUT2D eigenvalue weighted by Gasteiger charge is -2.52. The SMILES string of the molecule is CC(C)(O)c1nc(-c2cncc([C@@](O)(c3ccc(Br)cc3)C3(C)CNC3)c2)no1. The van der Waals surface area contributed by atoms with Crippen molar-refractivity contribution in [3.8, 4) is 11.4 Å². The number of halogens is 1. The lowest BCUT2D eigenvalue weighted by Crippen LogP contribution is -2.63. The van der Waals surface area contributed by atoms with Crippen molar-refractivity contribution >= 4 is 15.9 Å². The van der Waals surface area contributed by atoms with E-state index in [0.29, 0.717) is 30.0 Å². The number of aliphatic hydroxyl groups is 2. The Kier molecular flexibility index (Phi) is 4.85. The smallest absolute Gasteiger partial charge is 0.258 e.